The molecule has 1 aromatic rings. The summed E-state index contributed by atoms with van der Waals surface area (Å²) in [5.74, 6) is 0.449. The van der Waals surface area contributed by atoms with Crippen molar-refractivity contribution in [2.45, 2.75) is 32.0 Å². The predicted octanol–water partition coefficient (Wildman–Crippen LogP) is 0.856. The molecule has 0 aliphatic carbocycles. The molecule has 2 heterocycles. The largest absolute Gasteiger partial charge is 0.354 e. The summed E-state index contributed by atoms with van der Waals surface area (Å²) in [6, 6.07) is 8.87. The van der Waals surface area contributed by atoms with Gasteiger partial charge in [-0.15, -0.1) is 0 Å². The maximum atomic E-state index is 11.7. The fourth-order valence-electron chi connectivity index (χ4n) is 3.25. The van der Waals surface area contributed by atoms with Crippen LogP contribution in [0, 0.1) is 5.92 Å². The van der Waals surface area contributed by atoms with Crippen molar-refractivity contribution in [2.75, 3.05) is 13.1 Å². The van der Waals surface area contributed by atoms with Crippen LogP contribution in [-0.2, 0) is 17.9 Å². The lowest BCUT2D eigenvalue weighted by Crippen LogP contribution is -2.44. The first-order valence-corrected chi connectivity index (χ1v) is 7.07. The van der Waals surface area contributed by atoms with Gasteiger partial charge in [0, 0.05) is 25.7 Å². The fourth-order valence-corrected chi connectivity index (χ4v) is 3.25. The normalized spacial score (nSPS) is 27.1. The number of nitrogens with one attached hydrogen (secondary N) is 1. The first-order valence-electron chi connectivity index (χ1n) is 7.07. The molecule has 19 heavy (non-hydrogen) atoms. The second-order valence-electron chi connectivity index (χ2n) is 5.55. The summed E-state index contributed by atoms with van der Waals surface area (Å²) >= 11 is 0. The van der Waals surface area contributed by atoms with Gasteiger partial charge in [0.2, 0.25) is 5.91 Å². The van der Waals surface area contributed by atoms with E-state index in [0.29, 0.717) is 12.6 Å². The summed E-state index contributed by atoms with van der Waals surface area (Å²) in [4.78, 5) is 14.2. The van der Waals surface area contributed by atoms with Crippen molar-refractivity contribution in [2.24, 2.45) is 11.7 Å². The van der Waals surface area contributed by atoms with Gasteiger partial charge in [-0.2, -0.15) is 0 Å². The van der Waals surface area contributed by atoms with Gasteiger partial charge in [0.15, 0.2) is 0 Å². The number of nitrogens with zero attached hydrogens (tertiary/aromatic N) is 1. The van der Waals surface area contributed by atoms with Gasteiger partial charge in [0.25, 0.3) is 0 Å². The van der Waals surface area contributed by atoms with Gasteiger partial charge in [-0.3, -0.25) is 9.69 Å². The lowest BCUT2D eigenvalue weighted by atomic mass is 9.91. The van der Waals surface area contributed by atoms with Crippen LogP contribution in [0.5, 0.6) is 0 Å². The number of amides is 1. The Hall–Kier alpha value is -1.39. The Morgan fingerprint density at radius 2 is 2.00 bits per heavy atom. The van der Waals surface area contributed by atoms with Gasteiger partial charge < -0.3 is 11.1 Å². The third-order valence-electron chi connectivity index (χ3n) is 4.36. The Labute approximate surface area is 114 Å². The van der Waals surface area contributed by atoms with E-state index in [1.807, 2.05) is 0 Å². The lowest BCUT2D eigenvalue weighted by Gasteiger charge is -2.35. The molecule has 4 heteroatoms. The molecule has 0 spiro atoms. The summed E-state index contributed by atoms with van der Waals surface area (Å²) < 4.78 is 0. The first-order chi connectivity index (χ1) is 9.28. The minimum Gasteiger partial charge on any atom is -0.354 e. The zero-order chi connectivity index (χ0) is 13.2. The van der Waals surface area contributed by atoms with Gasteiger partial charge in [0.05, 0.1) is 5.92 Å². The van der Waals surface area contributed by atoms with E-state index in [2.05, 4.69) is 34.5 Å². The smallest absolute Gasteiger partial charge is 0.224 e. The third-order valence-corrected chi connectivity index (χ3v) is 4.36. The molecule has 2 unspecified atom stereocenters. The number of hydrogen-bond donors (Lipinski definition) is 2. The molecule has 1 aromatic carbocycles. The van der Waals surface area contributed by atoms with E-state index >= 15 is 0 Å². The molecule has 2 fully saturated rings. The van der Waals surface area contributed by atoms with Crippen LogP contribution in [0.1, 0.15) is 24.0 Å². The molecule has 3 rings (SSSR count). The van der Waals surface area contributed by atoms with Crippen molar-refractivity contribution in [1.29, 1.82) is 0 Å². The number of carbonyl (C=O) groups is 1. The van der Waals surface area contributed by atoms with Gasteiger partial charge in [-0.1, -0.05) is 24.3 Å². The van der Waals surface area contributed by atoms with Crippen LogP contribution in [0.15, 0.2) is 24.3 Å². The van der Waals surface area contributed by atoms with Gasteiger partial charge in [0.1, 0.15) is 0 Å². The molecular weight excluding hydrogens is 238 g/mol. The number of nitrogens with two attached hydrogens (primary N) is 1. The zero-order valence-corrected chi connectivity index (χ0v) is 11.1. The van der Waals surface area contributed by atoms with Crippen LogP contribution in [-0.4, -0.2) is 29.9 Å². The number of fused-ring (bicyclic) bond motifs is 1. The number of benzene rings is 1. The molecule has 1 amide bonds. The number of carbonyl (C=O) groups excluding carboxylic acids is 1. The van der Waals surface area contributed by atoms with Crippen molar-refractivity contribution in [3.63, 3.8) is 0 Å². The van der Waals surface area contributed by atoms with E-state index in [-0.39, 0.29) is 11.8 Å². The van der Waals surface area contributed by atoms with Crippen molar-refractivity contribution in [1.82, 2.24) is 10.2 Å². The van der Waals surface area contributed by atoms with Crippen molar-refractivity contribution in [3.8, 4) is 0 Å². The molecule has 2 aliphatic heterocycles. The average Bonchev–Trinajstić information content (AvgIpc) is 2.83. The highest BCUT2D eigenvalue weighted by Crippen LogP contribution is 2.28. The van der Waals surface area contributed by atoms with Crippen LogP contribution < -0.4 is 11.1 Å². The van der Waals surface area contributed by atoms with E-state index in [9.17, 15) is 4.79 Å². The Kier molecular flexibility index (Phi) is 3.53. The quantitative estimate of drug-likeness (QED) is 0.846. The highest BCUT2D eigenvalue weighted by atomic mass is 16.2. The fraction of sp³-hybridized carbons (Fsp3) is 0.533. The van der Waals surface area contributed by atoms with Crippen LogP contribution in [0.3, 0.4) is 0 Å². The number of rotatable bonds is 3. The molecule has 0 aromatic heterocycles. The molecule has 102 valence electrons. The molecule has 0 bridgehead atoms. The van der Waals surface area contributed by atoms with E-state index in [0.717, 1.165) is 38.0 Å². The monoisotopic (exact) mass is 259 g/mol. The topological polar surface area (TPSA) is 58.4 Å². The second-order valence-corrected chi connectivity index (χ2v) is 5.55. The predicted molar refractivity (Wildman–Crippen MR) is 74.3 cm³/mol. The Balaban J connectivity index is 1.69. The molecule has 2 atom stereocenters. The lowest BCUT2D eigenvalue weighted by molar-refractivity contribution is -0.124. The summed E-state index contributed by atoms with van der Waals surface area (Å²) in [5.41, 5.74) is 8.08. The van der Waals surface area contributed by atoms with Crippen LogP contribution >= 0.6 is 0 Å². The van der Waals surface area contributed by atoms with Crippen molar-refractivity contribution < 1.29 is 4.79 Å². The first kappa shape index (κ1) is 12.6. The standard InChI is InChI=1S/C15H21N3O/c16-8-11-3-5-12(6-4-11)10-18-7-1-2-13-14(18)9-17-15(13)19/h3-6,13-14H,1-2,7-10,16H2,(H,17,19). The molecule has 2 aliphatic rings. The van der Waals surface area contributed by atoms with Crippen molar-refractivity contribution >= 4 is 5.91 Å². The maximum Gasteiger partial charge on any atom is 0.224 e. The highest BCUT2D eigenvalue weighted by Gasteiger charge is 2.40. The third kappa shape index (κ3) is 2.51. The van der Waals surface area contributed by atoms with Gasteiger partial charge in [-0.25, -0.2) is 0 Å². The van der Waals surface area contributed by atoms with Crippen LogP contribution in [0.25, 0.3) is 0 Å². The number of hydrogen-bond acceptors (Lipinski definition) is 3. The minimum absolute atomic E-state index is 0.206. The molecule has 2 saturated heterocycles. The summed E-state index contributed by atoms with van der Waals surface area (Å²) in [6.45, 7) is 3.42. The molecular formula is C15H21N3O. The van der Waals surface area contributed by atoms with Gasteiger partial charge >= 0.3 is 0 Å². The summed E-state index contributed by atoms with van der Waals surface area (Å²) in [6.07, 6.45) is 2.16. The summed E-state index contributed by atoms with van der Waals surface area (Å²) in [7, 11) is 0. The van der Waals surface area contributed by atoms with E-state index in [1.165, 1.54) is 5.56 Å². The van der Waals surface area contributed by atoms with Crippen molar-refractivity contribution in [3.05, 3.63) is 35.4 Å². The molecule has 4 nitrogen and oxygen atoms in total. The highest BCUT2D eigenvalue weighted by molar-refractivity contribution is 5.82. The Morgan fingerprint density at radius 1 is 1.26 bits per heavy atom. The van der Waals surface area contributed by atoms with E-state index < -0.39 is 0 Å². The summed E-state index contributed by atoms with van der Waals surface area (Å²) in [5, 5.41) is 3.00. The molecule has 0 radical (unpaired) electrons. The molecule has 0 saturated carbocycles. The number of likely N-dealkylation sites (tertiary alicyclic amines) is 1. The average molecular weight is 259 g/mol. The maximum absolute atomic E-state index is 11.7. The van der Waals surface area contributed by atoms with E-state index in [4.69, 9.17) is 5.73 Å². The SMILES string of the molecule is NCc1ccc(CN2CCCC3C(=O)NCC32)cc1. The zero-order valence-electron chi connectivity index (χ0n) is 11.1. The number of piperidine rings is 1. The minimum atomic E-state index is 0.206. The van der Waals surface area contributed by atoms with E-state index in [1.54, 1.807) is 0 Å². The van der Waals surface area contributed by atoms with Crippen LogP contribution in [0.2, 0.25) is 0 Å². The second kappa shape index (κ2) is 5.31. The molecule has 3 N–H and O–H groups in total. The Morgan fingerprint density at radius 3 is 2.74 bits per heavy atom. The van der Waals surface area contributed by atoms with Gasteiger partial charge in [-0.05, 0) is 30.5 Å². The Bertz CT molecular complexity index is 457. The van der Waals surface area contributed by atoms with Crippen LogP contribution in [0.4, 0.5) is 0 Å².